The topological polar surface area (TPSA) is 29.0 Å². The molecule has 2 aromatic heterocycles. The molecule has 0 aliphatic carbocycles. The summed E-state index contributed by atoms with van der Waals surface area (Å²) in [5.74, 6) is 1.71. The highest BCUT2D eigenvalue weighted by Gasteiger charge is 2.25. The molecule has 3 aromatic rings. The summed E-state index contributed by atoms with van der Waals surface area (Å²) >= 11 is 0. The molecule has 0 bridgehead atoms. The monoisotopic (exact) mass is 289 g/mol. The summed E-state index contributed by atoms with van der Waals surface area (Å²) in [7, 11) is 0. The van der Waals surface area contributed by atoms with Crippen molar-refractivity contribution < 1.29 is 0 Å². The minimum atomic E-state index is 0.579. The molecule has 1 unspecified atom stereocenters. The van der Waals surface area contributed by atoms with Crippen LogP contribution < -0.4 is 4.90 Å². The van der Waals surface area contributed by atoms with Crippen molar-refractivity contribution in [3.63, 3.8) is 0 Å². The van der Waals surface area contributed by atoms with Gasteiger partial charge in [-0.25, -0.2) is 4.98 Å². The molecule has 0 saturated carbocycles. The minimum absolute atomic E-state index is 0.579. The predicted octanol–water partition coefficient (Wildman–Crippen LogP) is 3.93. The fourth-order valence-corrected chi connectivity index (χ4v) is 3.39. The van der Waals surface area contributed by atoms with Gasteiger partial charge in [0.05, 0.1) is 5.52 Å². The van der Waals surface area contributed by atoms with Gasteiger partial charge in [-0.05, 0) is 48.7 Å². The molecule has 1 atom stereocenters. The molecule has 0 amide bonds. The third-order valence-corrected chi connectivity index (χ3v) is 4.55. The van der Waals surface area contributed by atoms with Gasteiger partial charge >= 0.3 is 0 Å². The molecule has 1 aromatic carbocycles. The molecular formula is C19H19N3. The van der Waals surface area contributed by atoms with Gasteiger partial charge in [0, 0.05) is 36.8 Å². The van der Waals surface area contributed by atoms with Crippen molar-refractivity contribution in [2.45, 2.75) is 19.3 Å². The average Bonchev–Trinajstić information content (AvgIpc) is 3.05. The Bertz CT molecular complexity index is 798. The van der Waals surface area contributed by atoms with E-state index in [1.54, 1.807) is 0 Å². The van der Waals surface area contributed by atoms with E-state index in [9.17, 15) is 0 Å². The fourth-order valence-electron chi connectivity index (χ4n) is 3.39. The van der Waals surface area contributed by atoms with Crippen LogP contribution in [-0.2, 0) is 0 Å². The van der Waals surface area contributed by atoms with E-state index in [1.165, 1.54) is 22.9 Å². The molecule has 0 spiro atoms. The lowest BCUT2D eigenvalue weighted by atomic mass is 10.00. The van der Waals surface area contributed by atoms with Gasteiger partial charge in [0.2, 0.25) is 0 Å². The van der Waals surface area contributed by atoms with Crippen LogP contribution in [0.5, 0.6) is 0 Å². The van der Waals surface area contributed by atoms with Crippen LogP contribution in [0.15, 0.2) is 54.9 Å². The number of anilines is 1. The van der Waals surface area contributed by atoms with Crippen molar-refractivity contribution in [3.8, 4) is 0 Å². The first-order valence-electron chi connectivity index (χ1n) is 7.82. The zero-order valence-corrected chi connectivity index (χ0v) is 12.7. The van der Waals surface area contributed by atoms with Gasteiger partial charge in [0.15, 0.2) is 0 Å². The third-order valence-electron chi connectivity index (χ3n) is 4.55. The molecule has 1 fully saturated rings. The van der Waals surface area contributed by atoms with E-state index in [0.717, 1.165) is 24.4 Å². The molecule has 0 N–H and O–H groups in total. The van der Waals surface area contributed by atoms with Crippen molar-refractivity contribution in [3.05, 3.63) is 66.0 Å². The Balaban J connectivity index is 1.64. The van der Waals surface area contributed by atoms with E-state index < -0.39 is 0 Å². The molecule has 3 heteroatoms. The molecule has 1 saturated heterocycles. The van der Waals surface area contributed by atoms with E-state index >= 15 is 0 Å². The smallest absolute Gasteiger partial charge is 0.132 e. The number of aryl methyl sites for hydroxylation is 1. The average molecular weight is 289 g/mol. The number of pyridine rings is 2. The molecular weight excluding hydrogens is 270 g/mol. The van der Waals surface area contributed by atoms with Crippen LogP contribution in [0.1, 0.15) is 23.5 Å². The standard InChI is InChI=1S/C19H19N3/c1-14-12-16-4-2-3-5-18(16)21-19(14)22-11-8-17(13-22)15-6-9-20-10-7-15/h2-7,9-10,12,17H,8,11,13H2,1H3. The van der Waals surface area contributed by atoms with Crippen molar-refractivity contribution in [2.24, 2.45) is 0 Å². The van der Waals surface area contributed by atoms with Crippen LogP contribution in [0.3, 0.4) is 0 Å². The Kier molecular flexibility index (Phi) is 3.26. The van der Waals surface area contributed by atoms with E-state index in [-0.39, 0.29) is 0 Å². The van der Waals surface area contributed by atoms with E-state index in [4.69, 9.17) is 4.98 Å². The number of rotatable bonds is 2. The van der Waals surface area contributed by atoms with E-state index in [1.807, 2.05) is 12.4 Å². The van der Waals surface area contributed by atoms with Gasteiger partial charge in [-0.1, -0.05) is 18.2 Å². The van der Waals surface area contributed by atoms with Crippen molar-refractivity contribution in [2.75, 3.05) is 18.0 Å². The van der Waals surface area contributed by atoms with Gasteiger partial charge in [0.1, 0.15) is 5.82 Å². The number of para-hydroxylation sites is 1. The summed E-state index contributed by atoms with van der Waals surface area (Å²) in [6.07, 6.45) is 4.95. The number of aromatic nitrogens is 2. The van der Waals surface area contributed by atoms with Crippen molar-refractivity contribution in [1.29, 1.82) is 0 Å². The van der Waals surface area contributed by atoms with Crippen LogP contribution in [0.2, 0.25) is 0 Å². The number of nitrogens with zero attached hydrogens (tertiary/aromatic N) is 3. The summed E-state index contributed by atoms with van der Waals surface area (Å²) in [6.45, 7) is 4.27. The highest BCUT2D eigenvalue weighted by Crippen LogP contribution is 2.32. The third kappa shape index (κ3) is 2.33. The number of hydrogen-bond donors (Lipinski definition) is 0. The summed E-state index contributed by atoms with van der Waals surface area (Å²) in [5.41, 5.74) is 3.72. The first kappa shape index (κ1) is 13.3. The summed E-state index contributed by atoms with van der Waals surface area (Å²) < 4.78 is 0. The van der Waals surface area contributed by atoms with Gasteiger partial charge in [0.25, 0.3) is 0 Å². The van der Waals surface area contributed by atoms with Crippen molar-refractivity contribution >= 4 is 16.7 Å². The SMILES string of the molecule is Cc1cc2ccccc2nc1N1CCC(c2ccncc2)C1. The van der Waals surface area contributed by atoms with Gasteiger partial charge in [-0.3, -0.25) is 4.98 Å². The van der Waals surface area contributed by atoms with Crippen LogP contribution in [0.25, 0.3) is 10.9 Å². The highest BCUT2D eigenvalue weighted by atomic mass is 15.2. The quantitative estimate of drug-likeness (QED) is 0.715. The van der Waals surface area contributed by atoms with Crippen molar-refractivity contribution in [1.82, 2.24) is 9.97 Å². The maximum absolute atomic E-state index is 4.90. The Morgan fingerprint density at radius 2 is 1.91 bits per heavy atom. The van der Waals surface area contributed by atoms with Crippen LogP contribution in [-0.4, -0.2) is 23.1 Å². The zero-order valence-electron chi connectivity index (χ0n) is 12.7. The summed E-state index contributed by atoms with van der Waals surface area (Å²) in [6, 6.07) is 14.9. The highest BCUT2D eigenvalue weighted by molar-refractivity contribution is 5.81. The Labute approximate surface area is 130 Å². The molecule has 4 rings (SSSR count). The zero-order chi connectivity index (χ0) is 14.9. The second-order valence-corrected chi connectivity index (χ2v) is 6.03. The Morgan fingerprint density at radius 3 is 2.77 bits per heavy atom. The number of benzene rings is 1. The van der Waals surface area contributed by atoms with Gasteiger partial charge < -0.3 is 4.90 Å². The lowest BCUT2D eigenvalue weighted by Crippen LogP contribution is -2.21. The van der Waals surface area contributed by atoms with Crippen LogP contribution in [0.4, 0.5) is 5.82 Å². The summed E-state index contributed by atoms with van der Waals surface area (Å²) in [5, 5.41) is 1.22. The lowest BCUT2D eigenvalue weighted by Gasteiger charge is -2.20. The predicted molar refractivity (Wildman–Crippen MR) is 90.3 cm³/mol. The van der Waals surface area contributed by atoms with Gasteiger partial charge in [-0.2, -0.15) is 0 Å². The van der Waals surface area contributed by atoms with Crippen LogP contribution in [0, 0.1) is 6.92 Å². The summed E-state index contributed by atoms with van der Waals surface area (Å²) in [4.78, 5) is 11.4. The number of fused-ring (bicyclic) bond motifs is 1. The van der Waals surface area contributed by atoms with Crippen LogP contribution >= 0.6 is 0 Å². The number of hydrogen-bond acceptors (Lipinski definition) is 3. The second-order valence-electron chi connectivity index (χ2n) is 6.03. The molecule has 0 radical (unpaired) electrons. The Morgan fingerprint density at radius 1 is 1.09 bits per heavy atom. The lowest BCUT2D eigenvalue weighted by molar-refractivity contribution is 0.772. The maximum atomic E-state index is 4.90. The molecule has 1 aliphatic rings. The second kappa shape index (κ2) is 5.41. The molecule has 3 nitrogen and oxygen atoms in total. The normalized spacial score (nSPS) is 18.0. The molecule has 1 aliphatic heterocycles. The Hall–Kier alpha value is -2.42. The first-order valence-corrected chi connectivity index (χ1v) is 7.82. The minimum Gasteiger partial charge on any atom is -0.356 e. The largest absolute Gasteiger partial charge is 0.356 e. The molecule has 110 valence electrons. The fraction of sp³-hybridized carbons (Fsp3) is 0.263. The first-order chi connectivity index (χ1) is 10.8. The van der Waals surface area contributed by atoms with Gasteiger partial charge in [-0.15, -0.1) is 0 Å². The van der Waals surface area contributed by atoms with E-state index in [0.29, 0.717) is 5.92 Å². The van der Waals surface area contributed by atoms with E-state index in [2.05, 4.69) is 59.3 Å². The maximum Gasteiger partial charge on any atom is 0.132 e. The molecule has 22 heavy (non-hydrogen) atoms. The molecule has 3 heterocycles.